The van der Waals surface area contributed by atoms with Crippen molar-refractivity contribution in [3.05, 3.63) is 53.2 Å². The summed E-state index contributed by atoms with van der Waals surface area (Å²) in [5.74, 6) is 1.32. The maximum atomic E-state index is 10.3. The number of H-pyrrole nitrogens is 1. The van der Waals surface area contributed by atoms with E-state index in [0.29, 0.717) is 11.6 Å². The Morgan fingerprint density at radius 1 is 1.28 bits per heavy atom. The Morgan fingerprint density at radius 2 is 2.20 bits per heavy atom. The van der Waals surface area contributed by atoms with Crippen LogP contribution in [0.4, 0.5) is 0 Å². The van der Waals surface area contributed by atoms with Crippen LogP contribution in [0.2, 0.25) is 5.02 Å². The van der Waals surface area contributed by atoms with Crippen LogP contribution in [-0.2, 0) is 6.54 Å². The van der Waals surface area contributed by atoms with Gasteiger partial charge in [0, 0.05) is 35.6 Å². The molecule has 6 nitrogen and oxygen atoms in total. The van der Waals surface area contributed by atoms with Crippen molar-refractivity contribution in [2.75, 3.05) is 6.54 Å². The maximum absolute atomic E-state index is 10.3. The highest BCUT2D eigenvalue weighted by atomic mass is 35.5. The molecule has 25 heavy (non-hydrogen) atoms. The molecule has 3 atom stereocenters. The van der Waals surface area contributed by atoms with E-state index in [-0.39, 0.29) is 17.9 Å². The van der Waals surface area contributed by atoms with Crippen molar-refractivity contribution < 1.29 is 5.11 Å². The molecule has 1 unspecified atom stereocenters. The number of hydrogen-bond acceptors (Lipinski definition) is 5. The molecule has 2 aromatic heterocycles. The van der Waals surface area contributed by atoms with Crippen LogP contribution >= 0.6 is 11.6 Å². The molecule has 2 heterocycles. The van der Waals surface area contributed by atoms with E-state index < -0.39 is 0 Å². The third kappa shape index (κ3) is 3.51. The Kier molecular flexibility index (Phi) is 4.65. The number of fused-ring (bicyclic) bond motifs is 1. The van der Waals surface area contributed by atoms with Gasteiger partial charge in [0.1, 0.15) is 12.2 Å². The Bertz CT molecular complexity index is 854. The van der Waals surface area contributed by atoms with E-state index in [2.05, 4.69) is 25.5 Å². The molecule has 0 aliphatic heterocycles. The molecule has 0 saturated heterocycles. The van der Waals surface area contributed by atoms with Gasteiger partial charge in [0.25, 0.3) is 0 Å². The molecule has 1 aliphatic rings. The second kappa shape index (κ2) is 7.07. The fourth-order valence-electron chi connectivity index (χ4n) is 3.71. The summed E-state index contributed by atoms with van der Waals surface area (Å²) >= 11 is 6.22. The smallest absolute Gasteiger partial charge is 0.137 e. The summed E-state index contributed by atoms with van der Waals surface area (Å²) in [6, 6.07) is 7.80. The minimum absolute atomic E-state index is 0.202. The average molecular weight is 358 g/mol. The quantitative estimate of drug-likeness (QED) is 0.653. The Morgan fingerprint density at radius 3 is 3.04 bits per heavy atom. The minimum Gasteiger partial charge on any atom is -0.393 e. The SMILES string of the molecule is O[C@@H]1CC(c2ncn[nH]2)C[C@@H]1CNCc1cc(Cl)cc2cccnc12. The number of aromatic amines is 1. The van der Waals surface area contributed by atoms with E-state index >= 15 is 0 Å². The Labute approximate surface area is 150 Å². The Balaban J connectivity index is 1.40. The summed E-state index contributed by atoms with van der Waals surface area (Å²) in [5.41, 5.74) is 2.04. The number of rotatable bonds is 5. The van der Waals surface area contributed by atoms with Gasteiger partial charge in [0.2, 0.25) is 0 Å². The van der Waals surface area contributed by atoms with Crippen LogP contribution in [-0.4, -0.2) is 37.9 Å². The van der Waals surface area contributed by atoms with Crippen molar-refractivity contribution in [3.8, 4) is 0 Å². The largest absolute Gasteiger partial charge is 0.393 e. The van der Waals surface area contributed by atoms with E-state index in [1.807, 2.05) is 24.3 Å². The van der Waals surface area contributed by atoms with Crippen LogP contribution < -0.4 is 5.32 Å². The van der Waals surface area contributed by atoms with Gasteiger partial charge in [-0.2, -0.15) is 5.10 Å². The summed E-state index contributed by atoms with van der Waals surface area (Å²) in [6.45, 7) is 1.41. The topological polar surface area (TPSA) is 86.7 Å². The first-order chi connectivity index (χ1) is 12.2. The molecule has 0 bridgehead atoms. The zero-order chi connectivity index (χ0) is 17.2. The van der Waals surface area contributed by atoms with Crippen molar-refractivity contribution >= 4 is 22.5 Å². The number of aliphatic hydroxyl groups excluding tert-OH is 1. The molecule has 130 valence electrons. The first-order valence-electron chi connectivity index (χ1n) is 8.48. The summed E-state index contributed by atoms with van der Waals surface area (Å²) in [7, 11) is 0. The van der Waals surface area contributed by atoms with E-state index in [0.717, 1.165) is 41.7 Å². The molecule has 0 amide bonds. The van der Waals surface area contributed by atoms with Crippen LogP contribution in [0.15, 0.2) is 36.8 Å². The second-order valence-corrected chi connectivity index (χ2v) is 7.07. The molecule has 4 rings (SSSR count). The standard InChI is InChI=1S/C18H20ClN5O/c19-15-5-11-2-1-3-21-17(11)14(6-15)9-20-8-13-4-12(7-16(13)25)18-22-10-23-24-18/h1-3,5-6,10,12-13,16,20,25H,4,7-9H2,(H,22,23,24)/t12?,13-,16-/m1/s1. The molecular weight excluding hydrogens is 338 g/mol. The van der Waals surface area contributed by atoms with Crippen molar-refractivity contribution in [1.82, 2.24) is 25.5 Å². The molecule has 1 aromatic carbocycles. The normalized spacial score (nSPS) is 23.4. The van der Waals surface area contributed by atoms with Crippen molar-refractivity contribution in [3.63, 3.8) is 0 Å². The first-order valence-corrected chi connectivity index (χ1v) is 8.85. The lowest BCUT2D eigenvalue weighted by molar-refractivity contribution is 0.131. The van der Waals surface area contributed by atoms with Gasteiger partial charge in [0.15, 0.2) is 0 Å². The fraction of sp³-hybridized carbons (Fsp3) is 0.389. The highest BCUT2D eigenvalue weighted by molar-refractivity contribution is 6.31. The van der Waals surface area contributed by atoms with Crippen LogP contribution in [0, 0.1) is 5.92 Å². The van der Waals surface area contributed by atoms with Gasteiger partial charge >= 0.3 is 0 Å². The van der Waals surface area contributed by atoms with E-state index in [4.69, 9.17) is 11.6 Å². The zero-order valence-corrected chi connectivity index (χ0v) is 14.4. The molecule has 1 fully saturated rings. The summed E-state index contributed by atoms with van der Waals surface area (Å²) in [4.78, 5) is 8.68. The molecular formula is C18H20ClN5O. The number of hydrogen-bond donors (Lipinski definition) is 3. The van der Waals surface area contributed by atoms with Crippen LogP contribution in [0.25, 0.3) is 10.9 Å². The monoisotopic (exact) mass is 357 g/mol. The lowest BCUT2D eigenvalue weighted by Crippen LogP contribution is -2.27. The molecule has 0 radical (unpaired) electrons. The average Bonchev–Trinajstić information content (AvgIpc) is 3.25. The van der Waals surface area contributed by atoms with Crippen LogP contribution in [0.5, 0.6) is 0 Å². The van der Waals surface area contributed by atoms with Gasteiger partial charge in [-0.1, -0.05) is 17.7 Å². The Hall–Kier alpha value is -2.02. The lowest BCUT2D eigenvalue weighted by Gasteiger charge is -2.15. The van der Waals surface area contributed by atoms with Gasteiger partial charge in [0.05, 0.1) is 11.6 Å². The molecule has 3 aromatic rings. The first kappa shape index (κ1) is 16.4. The van der Waals surface area contributed by atoms with Gasteiger partial charge in [-0.15, -0.1) is 0 Å². The molecule has 1 aliphatic carbocycles. The number of benzene rings is 1. The fourth-order valence-corrected chi connectivity index (χ4v) is 3.96. The van der Waals surface area contributed by atoms with Gasteiger partial charge in [-0.05, 0) is 42.5 Å². The van der Waals surface area contributed by atoms with E-state index in [1.165, 1.54) is 6.33 Å². The number of nitrogens with one attached hydrogen (secondary N) is 2. The highest BCUT2D eigenvalue weighted by Crippen LogP contribution is 2.36. The third-order valence-electron chi connectivity index (χ3n) is 4.95. The van der Waals surface area contributed by atoms with Crippen molar-refractivity contribution in [2.45, 2.75) is 31.4 Å². The summed E-state index contributed by atoms with van der Waals surface area (Å²) < 4.78 is 0. The zero-order valence-electron chi connectivity index (χ0n) is 13.7. The predicted octanol–water partition coefficient (Wildman–Crippen LogP) is 2.65. The predicted molar refractivity (Wildman–Crippen MR) is 96.3 cm³/mol. The van der Waals surface area contributed by atoms with Crippen LogP contribution in [0.1, 0.15) is 30.1 Å². The van der Waals surface area contributed by atoms with Crippen molar-refractivity contribution in [1.29, 1.82) is 0 Å². The second-order valence-electron chi connectivity index (χ2n) is 6.64. The molecule has 1 saturated carbocycles. The number of halogens is 1. The number of pyridine rings is 1. The molecule has 0 spiro atoms. The van der Waals surface area contributed by atoms with Gasteiger partial charge in [-0.3, -0.25) is 10.1 Å². The number of aliphatic hydroxyl groups is 1. The van der Waals surface area contributed by atoms with Crippen LogP contribution in [0.3, 0.4) is 0 Å². The lowest BCUT2D eigenvalue weighted by atomic mass is 10.0. The van der Waals surface area contributed by atoms with E-state index in [9.17, 15) is 5.11 Å². The third-order valence-corrected chi connectivity index (χ3v) is 5.17. The van der Waals surface area contributed by atoms with Crippen molar-refractivity contribution in [2.24, 2.45) is 5.92 Å². The van der Waals surface area contributed by atoms with Gasteiger partial charge < -0.3 is 10.4 Å². The minimum atomic E-state index is -0.322. The summed E-state index contributed by atoms with van der Waals surface area (Å²) in [6.07, 6.45) is 4.62. The van der Waals surface area contributed by atoms with Gasteiger partial charge in [-0.25, -0.2) is 4.98 Å². The molecule has 7 heteroatoms. The number of nitrogens with zero attached hydrogens (tertiary/aromatic N) is 3. The molecule has 3 N–H and O–H groups in total. The number of aromatic nitrogens is 4. The maximum Gasteiger partial charge on any atom is 0.137 e. The highest BCUT2D eigenvalue weighted by Gasteiger charge is 2.34. The van der Waals surface area contributed by atoms with E-state index in [1.54, 1.807) is 6.20 Å². The summed E-state index contributed by atoms with van der Waals surface area (Å²) in [5, 5.41) is 22.4.